The molecule has 1 aromatic carbocycles. The van der Waals surface area contributed by atoms with Crippen LogP contribution in [0.1, 0.15) is 45.7 Å². The Hall–Kier alpha value is -1.12. The molecule has 0 saturated heterocycles. The first-order valence-electron chi connectivity index (χ1n) is 7.35. The zero-order chi connectivity index (χ0) is 15.2. The van der Waals surface area contributed by atoms with Crippen LogP contribution in [0.25, 0.3) is 6.08 Å². The molecule has 2 nitrogen and oxygen atoms in total. The quantitative estimate of drug-likeness (QED) is 0.837. The first-order valence-corrected chi connectivity index (χ1v) is 7.35. The maximum Gasteiger partial charge on any atom is 0.0713 e. The highest BCUT2D eigenvalue weighted by Gasteiger charge is 2.11. The van der Waals surface area contributed by atoms with Gasteiger partial charge in [0.2, 0.25) is 0 Å². The molecule has 0 atom stereocenters. The highest BCUT2D eigenvalue weighted by Crippen LogP contribution is 2.16. The molecule has 1 rings (SSSR count). The Kier molecular flexibility index (Phi) is 6.44. The molecule has 0 unspecified atom stereocenters. The van der Waals surface area contributed by atoms with E-state index in [2.05, 4.69) is 70.3 Å². The van der Waals surface area contributed by atoms with Crippen molar-refractivity contribution in [3.63, 3.8) is 0 Å². The van der Waals surface area contributed by atoms with E-state index in [0.29, 0.717) is 12.5 Å². The predicted octanol–water partition coefficient (Wildman–Crippen LogP) is 4.26. The standard InChI is InChI=1S/C18H29NO/c1-14(2)17(12-19-18(3,4)5)11-15-7-9-16(10-8-15)13-20-6/h7-11,14,19H,12-13H2,1-6H3. The Morgan fingerprint density at radius 1 is 1.20 bits per heavy atom. The molecule has 0 aliphatic rings. The van der Waals surface area contributed by atoms with Crippen LogP contribution in [0.15, 0.2) is 29.8 Å². The molecule has 1 N–H and O–H groups in total. The fraction of sp³-hybridized carbons (Fsp3) is 0.556. The topological polar surface area (TPSA) is 21.3 Å². The summed E-state index contributed by atoms with van der Waals surface area (Å²) in [5.41, 5.74) is 4.04. The van der Waals surface area contributed by atoms with Crippen molar-refractivity contribution in [3.05, 3.63) is 41.0 Å². The Labute approximate surface area is 124 Å². The van der Waals surface area contributed by atoms with E-state index in [9.17, 15) is 0 Å². The smallest absolute Gasteiger partial charge is 0.0713 e. The summed E-state index contributed by atoms with van der Waals surface area (Å²) in [5, 5.41) is 3.57. The summed E-state index contributed by atoms with van der Waals surface area (Å²) in [7, 11) is 1.73. The molecule has 0 aliphatic heterocycles. The van der Waals surface area contributed by atoms with Crippen molar-refractivity contribution >= 4 is 6.08 Å². The van der Waals surface area contributed by atoms with Gasteiger partial charge in [0.15, 0.2) is 0 Å². The van der Waals surface area contributed by atoms with E-state index in [1.807, 2.05) is 0 Å². The van der Waals surface area contributed by atoms with E-state index in [1.54, 1.807) is 7.11 Å². The van der Waals surface area contributed by atoms with Gasteiger partial charge in [-0.3, -0.25) is 0 Å². The second-order valence-corrected chi connectivity index (χ2v) is 6.65. The number of ether oxygens (including phenoxy) is 1. The summed E-state index contributed by atoms with van der Waals surface area (Å²) in [6.07, 6.45) is 2.29. The Morgan fingerprint density at radius 3 is 2.25 bits per heavy atom. The number of rotatable bonds is 6. The van der Waals surface area contributed by atoms with Crippen LogP contribution in [0, 0.1) is 5.92 Å². The van der Waals surface area contributed by atoms with Gasteiger partial charge in [-0.1, -0.05) is 49.8 Å². The number of methoxy groups -OCH3 is 1. The summed E-state index contributed by atoms with van der Waals surface area (Å²) in [6.45, 7) is 12.7. The lowest BCUT2D eigenvalue weighted by atomic mass is 9.98. The third kappa shape index (κ3) is 6.36. The molecular weight excluding hydrogens is 246 g/mol. The zero-order valence-corrected chi connectivity index (χ0v) is 13.8. The van der Waals surface area contributed by atoms with Gasteiger partial charge in [-0.15, -0.1) is 0 Å². The molecular formula is C18H29NO. The lowest BCUT2D eigenvalue weighted by Gasteiger charge is -2.23. The predicted molar refractivity (Wildman–Crippen MR) is 87.7 cm³/mol. The first kappa shape index (κ1) is 16.9. The van der Waals surface area contributed by atoms with Crippen molar-refractivity contribution in [1.82, 2.24) is 5.32 Å². The lowest BCUT2D eigenvalue weighted by Crippen LogP contribution is -2.37. The molecule has 0 bridgehead atoms. The minimum Gasteiger partial charge on any atom is -0.380 e. The van der Waals surface area contributed by atoms with Gasteiger partial charge in [0.1, 0.15) is 0 Å². The second kappa shape index (κ2) is 7.61. The number of benzene rings is 1. The van der Waals surface area contributed by atoms with Crippen LogP contribution in [0.4, 0.5) is 0 Å². The van der Waals surface area contributed by atoms with Crippen molar-refractivity contribution in [1.29, 1.82) is 0 Å². The second-order valence-electron chi connectivity index (χ2n) is 6.65. The van der Waals surface area contributed by atoms with E-state index in [1.165, 1.54) is 16.7 Å². The SMILES string of the molecule is COCc1ccc(C=C(CNC(C)(C)C)C(C)C)cc1. The summed E-state index contributed by atoms with van der Waals surface area (Å²) in [5.74, 6) is 0.545. The minimum atomic E-state index is 0.149. The molecule has 20 heavy (non-hydrogen) atoms. The van der Waals surface area contributed by atoms with Crippen LogP contribution in [-0.2, 0) is 11.3 Å². The third-order valence-corrected chi connectivity index (χ3v) is 3.21. The van der Waals surface area contributed by atoms with Gasteiger partial charge in [0.05, 0.1) is 6.61 Å². The van der Waals surface area contributed by atoms with Crippen LogP contribution < -0.4 is 5.32 Å². The minimum absolute atomic E-state index is 0.149. The van der Waals surface area contributed by atoms with E-state index in [-0.39, 0.29) is 5.54 Å². The van der Waals surface area contributed by atoms with Crippen LogP contribution >= 0.6 is 0 Å². The van der Waals surface area contributed by atoms with E-state index >= 15 is 0 Å². The number of hydrogen-bond acceptors (Lipinski definition) is 2. The van der Waals surface area contributed by atoms with Crippen molar-refractivity contribution in [2.75, 3.05) is 13.7 Å². The summed E-state index contributed by atoms with van der Waals surface area (Å²) >= 11 is 0. The summed E-state index contributed by atoms with van der Waals surface area (Å²) < 4.78 is 5.14. The molecule has 0 heterocycles. The molecule has 0 saturated carbocycles. The Balaban J connectivity index is 2.79. The van der Waals surface area contributed by atoms with Gasteiger partial charge in [-0.05, 0) is 37.8 Å². The van der Waals surface area contributed by atoms with Crippen molar-refractivity contribution in [3.8, 4) is 0 Å². The average Bonchev–Trinajstić information content (AvgIpc) is 2.35. The van der Waals surface area contributed by atoms with Crippen molar-refractivity contribution in [2.45, 2.75) is 46.8 Å². The molecule has 0 aromatic heterocycles. The average molecular weight is 275 g/mol. The van der Waals surface area contributed by atoms with Gasteiger partial charge < -0.3 is 10.1 Å². The molecule has 0 fully saturated rings. The fourth-order valence-electron chi connectivity index (χ4n) is 1.88. The maximum absolute atomic E-state index is 5.14. The summed E-state index contributed by atoms with van der Waals surface area (Å²) in [4.78, 5) is 0. The van der Waals surface area contributed by atoms with Gasteiger partial charge in [0, 0.05) is 19.2 Å². The van der Waals surface area contributed by atoms with E-state index in [0.717, 1.165) is 6.54 Å². The van der Waals surface area contributed by atoms with Gasteiger partial charge >= 0.3 is 0 Å². The highest BCUT2D eigenvalue weighted by atomic mass is 16.5. The number of hydrogen-bond donors (Lipinski definition) is 1. The van der Waals surface area contributed by atoms with Crippen molar-refractivity contribution in [2.24, 2.45) is 5.92 Å². The molecule has 1 aromatic rings. The third-order valence-electron chi connectivity index (χ3n) is 3.21. The van der Waals surface area contributed by atoms with Crippen LogP contribution in [0.2, 0.25) is 0 Å². The van der Waals surface area contributed by atoms with E-state index in [4.69, 9.17) is 4.74 Å². The highest BCUT2D eigenvalue weighted by molar-refractivity contribution is 5.54. The van der Waals surface area contributed by atoms with Crippen LogP contribution in [0.3, 0.4) is 0 Å². The van der Waals surface area contributed by atoms with Crippen LogP contribution in [-0.4, -0.2) is 19.2 Å². The van der Waals surface area contributed by atoms with Gasteiger partial charge in [-0.2, -0.15) is 0 Å². The molecule has 0 spiro atoms. The lowest BCUT2D eigenvalue weighted by molar-refractivity contribution is 0.185. The van der Waals surface area contributed by atoms with Gasteiger partial charge in [-0.25, -0.2) is 0 Å². The normalized spacial score (nSPS) is 13.1. The molecule has 2 heteroatoms. The maximum atomic E-state index is 5.14. The fourth-order valence-corrected chi connectivity index (χ4v) is 1.88. The summed E-state index contributed by atoms with van der Waals surface area (Å²) in [6, 6.07) is 8.58. The van der Waals surface area contributed by atoms with Gasteiger partial charge in [0.25, 0.3) is 0 Å². The van der Waals surface area contributed by atoms with Crippen molar-refractivity contribution < 1.29 is 4.74 Å². The zero-order valence-electron chi connectivity index (χ0n) is 13.8. The largest absolute Gasteiger partial charge is 0.380 e. The molecule has 0 aliphatic carbocycles. The Morgan fingerprint density at radius 2 is 1.80 bits per heavy atom. The molecule has 0 amide bonds. The number of nitrogens with one attached hydrogen (secondary N) is 1. The van der Waals surface area contributed by atoms with Crippen LogP contribution in [0.5, 0.6) is 0 Å². The Bertz CT molecular complexity index is 424. The first-order chi connectivity index (χ1) is 9.31. The monoisotopic (exact) mass is 275 g/mol. The molecule has 112 valence electrons. The van der Waals surface area contributed by atoms with E-state index < -0.39 is 0 Å². The molecule has 0 radical (unpaired) electrons.